The van der Waals surface area contributed by atoms with E-state index in [1.165, 1.54) is 0 Å². The Kier molecular flexibility index (Phi) is 4.62. The molecule has 1 N–H and O–H groups in total. The van der Waals surface area contributed by atoms with Gasteiger partial charge in [0.25, 0.3) is 0 Å². The molecular formula is C19H22N6O2. The maximum atomic E-state index is 12.6. The molecule has 0 bridgehead atoms. The van der Waals surface area contributed by atoms with Gasteiger partial charge in [-0.3, -0.25) is 4.79 Å². The zero-order valence-electron chi connectivity index (χ0n) is 15.4. The van der Waals surface area contributed by atoms with Crippen molar-refractivity contribution in [2.45, 2.75) is 19.8 Å². The van der Waals surface area contributed by atoms with E-state index in [0.717, 1.165) is 54.7 Å². The molecule has 2 aromatic heterocycles. The van der Waals surface area contributed by atoms with Gasteiger partial charge in [0.2, 0.25) is 5.91 Å². The number of nitrogens with zero attached hydrogens (tertiary/aromatic N) is 5. The van der Waals surface area contributed by atoms with Crippen LogP contribution in [0.1, 0.15) is 18.7 Å². The van der Waals surface area contributed by atoms with Gasteiger partial charge in [0.05, 0.1) is 7.11 Å². The minimum Gasteiger partial charge on any atom is -0.497 e. The number of aromatic nitrogens is 4. The summed E-state index contributed by atoms with van der Waals surface area (Å²) in [5.74, 6) is 2.43. The number of amides is 1. The lowest BCUT2D eigenvalue weighted by atomic mass is 9.96. The molecule has 8 nitrogen and oxygen atoms in total. The number of benzene rings is 1. The van der Waals surface area contributed by atoms with E-state index in [1.807, 2.05) is 43.3 Å². The molecule has 1 aromatic carbocycles. The van der Waals surface area contributed by atoms with Crippen molar-refractivity contribution in [3.05, 3.63) is 42.2 Å². The molecule has 1 fully saturated rings. The Bertz CT molecular complexity index is 962. The third-order valence-corrected chi connectivity index (χ3v) is 4.93. The Labute approximate surface area is 157 Å². The second kappa shape index (κ2) is 7.22. The van der Waals surface area contributed by atoms with Crippen molar-refractivity contribution in [1.29, 1.82) is 0 Å². The molecule has 1 saturated heterocycles. The van der Waals surface area contributed by atoms with Crippen LogP contribution in [0.25, 0.3) is 5.65 Å². The van der Waals surface area contributed by atoms with Crippen molar-refractivity contribution < 1.29 is 9.53 Å². The number of methoxy groups -OCH3 is 1. The molecule has 0 spiro atoms. The highest BCUT2D eigenvalue weighted by Crippen LogP contribution is 2.24. The molecular weight excluding hydrogens is 344 g/mol. The van der Waals surface area contributed by atoms with Gasteiger partial charge in [0.1, 0.15) is 11.6 Å². The fraction of sp³-hybridized carbons (Fsp3) is 0.368. The highest BCUT2D eigenvalue weighted by Gasteiger charge is 2.26. The van der Waals surface area contributed by atoms with Crippen LogP contribution in [0.4, 0.5) is 11.5 Å². The zero-order valence-corrected chi connectivity index (χ0v) is 15.4. The Morgan fingerprint density at radius 1 is 1.19 bits per heavy atom. The van der Waals surface area contributed by atoms with Gasteiger partial charge < -0.3 is 15.0 Å². The summed E-state index contributed by atoms with van der Waals surface area (Å²) < 4.78 is 6.95. The Morgan fingerprint density at radius 2 is 2.00 bits per heavy atom. The molecule has 3 aromatic rings. The van der Waals surface area contributed by atoms with Crippen LogP contribution < -0.4 is 15.0 Å². The van der Waals surface area contributed by atoms with E-state index in [1.54, 1.807) is 11.6 Å². The summed E-state index contributed by atoms with van der Waals surface area (Å²) in [6, 6.07) is 11.3. The molecule has 0 atom stereocenters. The SMILES string of the molecule is COc1cccc(NC(=O)C2CCN(c3ccc4nnc(C)n4n3)CC2)c1. The lowest BCUT2D eigenvalue weighted by molar-refractivity contribution is -0.120. The van der Waals surface area contributed by atoms with Crippen molar-refractivity contribution in [1.82, 2.24) is 19.8 Å². The van der Waals surface area contributed by atoms with Crippen LogP contribution in [0.2, 0.25) is 0 Å². The topological polar surface area (TPSA) is 84.6 Å². The molecule has 1 aliphatic heterocycles. The first-order valence-corrected chi connectivity index (χ1v) is 9.03. The van der Waals surface area contributed by atoms with Crippen LogP contribution in [0.3, 0.4) is 0 Å². The summed E-state index contributed by atoms with van der Waals surface area (Å²) in [5.41, 5.74) is 1.50. The first kappa shape index (κ1) is 17.3. The van der Waals surface area contributed by atoms with Gasteiger partial charge in [-0.25, -0.2) is 0 Å². The van der Waals surface area contributed by atoms with Crippen molar-refractivity contribution in [3.63, 3.8) is 0 Å². The first-order valence-electron chi connectivity index (χ1n) is 9.03. The fourth-order valence-electron chi connectivity index (χ4n) is 3.37. The van der Waals surface area contributed by atoms with Gasteiger partial charge >= 0.3 is 0 Å². The maximum Gasteiger partial charge on any atom is 0.227 e. The van der Waals surface area contributed by atoms with Crippen molar-refractivity contribution in [2.24, 2.45) is 5.92 Å². The summed E-state index contributed by atoms with van der Waals surface area (Å²) >= 11 is 0. The van der Waals surface area contributed by atoms with E-state index in [2.05, 4.69) is 25.5 Å². The monoisotopic (exact) mass is 366 g/mol. The number of ether oxygens (including phenoxy) is 1. The summed E-state index contributed by atoms with van der Waals surface area (Å²) in [5, 5.41) is 15.7. The van der Waals surface area contributed by atoms with E-state index in [9.17, 15) is 4.79 Å². The largest absolute Gasteiger partial charge is 0.497 e. The number of piperidine rings is 1. The average molecular weight is 366 g/mol. The van der Waals surface area contributed by atoms with Gasteiger partial charge in [-0.1, -0.05) is 6.07 Å². The Balaban J connectivity index is 1.38. The fourth-order valence-corrected chi connectivity index (χ4v) is 3.37. The van der Waals surface area contributed by atoms with Crippen LogP contribution in [0.15, 0.2) is 36.4 Å². The number of carbonyl (C=O) groups is 1. The quantitative estimate of drug-likeness (QED) is 0.763. The molecule has 0 saturated carbocycles. The second-order valence-electron chi connectivity index (χ2n) is 6.69. The number of rotatable bonds is 4. The van der Waals surface area contributed by atoms with E-state index >= 15 is 0 Å². The molecule has 3 heterocycles. The predicted molar refractivity (Wildman–Crippen MR) is 102 cm³/mol. The normalized spacial score (nSPS) is 15.1. The third kappa shape index (κ3) is 3.55. The van der Waals surface area contributed by atoms with Crippen LogP contribution in [0, 0.1) is 12.8 Å². The zero-order chi connectivity index (χ0) is 18.8. The molecule has 0 unspecified atom stereocenters. The number of hydrogen-bond acceptors (Lipinski definition) is 6. The predicted octanol–water partition coefficient (Wildman–Crippen LogP) is 2.30. The maximum absolute atomic E-state index is 12.6. The minimum atomic E-state index is -0.00664. The first-order chi connectivity index (χ1) is 13.1. The molecule has 4 rings (SSSR count). The van der Waals surface area contributed by atoms with E-state index in [4.69, 9.17) is 4.74 Å². The molecule has 0 radical (unpaired) electrons. The lowest BCUT2D eigenvalue weighted by Gasteiger charge is -2.32. The van der Waals surface area contributed by atoms with Gasteiger partial charge in [-0.05, 0) is 44.0 Å². The van der Waals surface area contributed by atoms with Crippen LogP contribution in [0.5, 0.6) is 5.75 Å². The summed E-state index contributed by atoms with van der Waals surface area (Å²) in [6.07, 6.45) is 1.58. The Morgan fingerprint density at radius 3 is 2.78 bits per heavy atom. The van der Waals surface area contributed by atoms with E-state index in [-0.39, 0.29) is 11.8 Å². The van der Waals surface area contributed by atoms with Gasteiger partial charge in [-0.2, -0.15) is 4.52 Å². The number of carbonyl (C=O) groups excluding carboxylic acids is 1. The van der Waals surface area contributed by atoms with E-state index < -0.39 is 0 Å². The number of hydrogen-bond donors (Lipinski definition) is 1. The molecule has 27 heavy (non-hydrogen) atoms. The smallest absolute Gasteiger partial charge is 0.227 e. The molecule has 0 aliphatic carbocycles. The Hall–Kier alpha value is -3.16. The van der Waals surface area contributed by atoms with Crippen LogP contribution in [-0.4, -0.2) is 45.9 Å². The standard InChI is InChI=1S/C19H22N6O2/c1-13-21-22-17-6-7-18(23-25(13)17)24-10-8-14(9-11-24)19(26)20-15-4-3-5-16(12-15)27-2/h3-7,12,14H,8-11H2,1-2H3,(H,20,26). The summed E-state index contributed by atoms with van der Waals surface area (Å²) in [6.45, 7) is 3.46. The molecule has 140 valence electrons. The number of nitrogens with one attached hydrogen (secondary N) is 1. The minimum absolute atomic E-state index is 0.00664. The molecule has 1 aliphatic rings. The van der Waals surface area contributed by atoms with Gasteiger partial charge in [0.15, 0.2) is 11.5 Å². The molecule has 1 amide bonds. The highest BCUT2D eigenvalue weighted by atomic mass is 16.5. The summed E-state index contributed by atoms with van der Waals surface area (Å²) in [7, 11) is 1.61. The van der Waals surface area contributed by atoms with Gasteiger partial charge in [-0.15, -0.1) is 15.3 Å². The van der Waals surface area contributed by atoms with E-state index in [0.29, 0.717) is 0 Å². The number of anilines is 2. The average Bonchev–Trinajstić information content (AvgIpc) is 3.08. The highest BCUT2D eigenvalue weighted by molar-refractivity contribution is 5.92. The van der Waals surface area contributed by atoms with Crippen molar-refractivity contribution in [3.8, 4) is 5.75 Å². The van der Waals surface area contributed by atoms with Gasteiger partial charge in [0, 0.05) is 30.8 Å². The van der Waals surface area contributed by atoms with Crippen LogP contribution >= 0.6 is 0 Å². The number of fused-ring (bicyclic) bond motifs is 1. The summed E-state index contributed by atoms with van der Waals surface area (Å²) in [4.78, 5) is 14.8. The number of aryl methyl sites for hydroxylation is 1. The van der Waals surface area contributed by atoms with Crippen LogP contribution in [-0.2, 0) is 4.79 Å². The molecule has 8 heteroatoms. The third-order valence-electron chi connectivity index (χ3n) is 4.93. The van der Waals surface area contributed by atoms with Crippen molar-refractivity contribution in [2.75, 3.05) is 30.4 Å². The van der Waals surface area contributed by atoms with Crippen molar-refractivity contribution >= 4 is 23.1 Å². The second-order valence-corrected chi connectivity index (χ2v) is 6.69. The lowest BCUT2D eigenvalue weighted by Crippen LogP contribution is -2.38.